The van der Waals surface area contributed by atoms with Crippen LogP contribution in [0.1, 0.15) is 31.7 Å². The topological polar surface area (TPSA) is 82.2 Å². The maximum Gasteiger partial charge on any atom is 0.242 e. The second-order valence-electron chi connectivity index (χ2n) is 4.97. The zero-order valence-corrected chi connectivity index (χ0v) is 12.0. The average molecular weight is 274 g/mol. The molecule has 0 aromatic heterocycles. The van der Waals surface area contributed by atoms with E-state index in [9.17, 15) is 4.79 Å². The number of nitrogens with two attached hydrogens (primary N) is 1. The van der Waals surface area contributed by atoms with E-state index in [2.05, 4.69) is 30.2 Å². The third-order valence-corrected chi connectivity index (χ3v) is 3.32. The Hall–Kier alpha value is -1.90. The van der Waals surface area contributed by atoms with Crippen LogP contribution in [0.15, 0.2) is 30.3 Å². The van der Waals surface area contributed by atoms with Crippen LogP contribution in [0.25, 0.3) is 0 Å². The molecule has 1 atom stereocenters. The predicted octanol–water partition coefficient (Wildman–Crippen LogP) is 1.38. The van der Waals surface area contributed by atoms with Gasteiger partial charge >= 0.3 is 0 Å². The van der Waals surface area contributed by atoms with Gasteiger partial charge in [0.2, 0.25) is 5.91 Å². The van der Waals surface area contributed by atoms with E-state index in [1.165, 1.54) is 0 Å². The molecule has 1 rings (SSSR count). The van der Waals surface area contributed by atoms with E-state index in [1.807, 2.05) is 30.3 Å². The van der Waals surface area contributed by atoms with E-state index in [4.69, 9.17) is 11.1 Å². The highest BCUT2D eigenvalue weighted by molar-refractivity contribution is 5.83. The molecule has 5 nitrogen and oxygen atoms in total. The highest BCUT2D eigenvalue weighted by atomic mass is 16.2. The van der Waals surface area contributed by atoms with Crippen LogP contribution in [0.4, 0.5) is 0 Å². The van der Waals surface area contributed by atoms with Gasteiger partial charge in [0, 0.05) is 25.6 Å². The van der Waals surface area contributed by atoms with E-state index in [1.54, 1.807) is 0 Å². The van der Waals surface area contributed by atoms with Crippen molar-refractivity contribution in [3.63, 3.8) is 0 Å². The summed E-state index contributed by atoms with van der Waals surface area (Å²) in [6, 6.07) is 12.0. The molecule has 0 fully saturated rings. The number of carbonyl (C=O) groups is 1. The van der Waals surface area contributed by atoms with Gasteiger partial charge in [0.15, 0.2) is 0 Å². The van der Waals surface area contributed by atoms with Crippen LogP contribution < -0.4 is 11.3 Å². The summed E-state index contributed by atoms with van der Waals surface area (Å²) >= 11 is 0. The molecule has 1 unspecified atom stereocenters. The van der Waals surface area contributed by atoms with Gasteiger partial charge in [-0.15, -0.1) is 0 Å². The summed E-state index contributed by atoms with van der Waals surface area (Å²) in [5.41, 5.74) is 3.16. The van der Waals surface area contributed by atoms with Gasteiger partial charge in [0.1, 0.15) is 0 Å². The fraction of sp³-hybridized carbons (Fsp3) is 0.467. The van der Waals surface area contributed by atoms with Gasteiger partial charge in [-0.3, -0.25) is 15.1 Å². The number of hydrogen-bond acceptors (Lipinski definition) is 4. The molecule has 0 aliphatic carbocycles. The Kier molecular flexibility index (Phi) is 6.71. The number of rotatable bonds is 7. The number of nitrogens with zero attached hydrogens (tertiary/aromatic N) is 2. The Balaban J connectivity index is 2.89. The maximum atomic E-state index is 12.0. The van der Waals surface area contributed by atoms with Crippen LogP contribution in [-0.4, -0.2) is 29.9 Å². The molecule has 3 N–H and O–H groups in total. The molecule has 0 saturated heterocycles. The number of hydrogen-bond donors (Lipinski definition) is 2. The first-order valence-corrected chi connectivity index (χ1v) is 6.76. The number of carbonyl (C=O) groups excluding carboxylic acids is 1. The Morgan fingerprint density at radius 3 is 2.55 bits per heavy atom. The Morgan fingerprint density at radius 2 is 2.05 bits per heavy atom. The van der Waals surface area contributed by atoms with Gasteiger partial charge in [-0.05, 0) is 19.4 Å². The standard InChI is InChI=1S/C15H22N4O/c1-12(2)19(10-6-9-16)11-14(15(20)18-17)13-7-4-3-5-8-13/h3-5,7-8,12,14H,6,10-11,17H2,1-2H3,(H,18,20). The van der Waals surface area contributed by atoms with Gasteiger partial charge in [-0.1, -0.05) is 30.3 Å². The van der Waals surface area contributed by atoms with Crippen LogP contribution in [-0.2, 0) is 4.79 Å². The third kappa shape index (κ3) is 4.65. The highest BCUT2D eigenvalue weighted by Crippen LogP contribution is 2.18. The number of hydrazine groups is 1. The summed E-state index contributed by atoms with van der Waals surface area (Å²) in [5.74, 6) is 4.75. The number of benzene rings is 1. The van der Waals surface area contributed by atoms with Crippen LogP contribution in [0, 0.1) is 11.3 Å². The van der Waals surface area contributed by atoms with Gasteiger partial charge in [0.05, 0.1) is 12.0 Å². The van der Waals surface area contributed by atoms with Crippen molar-refractivity contribution in [3.8, 4) is 6.07 Å². The highest BCUT2D eigenvalue weighted by Gasteiger charge is 2.23. The molecule has 0 heterocycles. The van der Waals surface area contributed by atoms with Gasteiger partial charge < -0.3 is 0 Å². The lowest BCUT2D eigenvalue weighted by atomic mass is 9.97. The van der Waals surface area contributed by atoms with Crippen molar-refractivity contribution in [1.82, 2.24) is 10.3 Å². The van der Waals surface area contributed by atoms with Crippen molar-refractivity contribution in [3.05, 3.63) is 35.9 Å². The average Bonchev–Trinajstić information content (AvgIpc) is 2.47. The summed E-state index contributed by atoms with van der Waals surface area (Å²) in [6.45, 7) is 5.31. The van der Waals surface area contributed by atoms with E-state index >= 15 is 0 Å². The zero-order chi connectivity index (χ0) is 15.0. The van der Waals surface area contributed by atoms with Crippen molar-refractivity contribution in [2.75, 3.05) is 13.1 Å². The molecule has 0 spiro atoms. The zero-order valence-electron chi connectivity index (χ0n) is 12.0. The molecular weight excluding hydrogens is 252 g/mol. The molecule has 0 bridgehead atoms. The van der Waals surface area contributed by atoms with Gasteiger partial charge in [-0.2, -0.15) is 5.26 Å². The smallest absolute Gasteiger partial charge is 0.242 e. The van der Waals surface area contributed by atoms with Crippen LogP contribution >= 0.6 is 0 Å². The fourth-order valence-electron chi connectivity index (χ4n) is 2.11. The molecule has 0 radical (unpaired) electrons. The SMILES string of the molecule is CC(C)N(CCC#N)CC(C(=O)NN)c1ccccc1. The first-order chi connectivity index (χ1) is 9.60. The van der Waals surface area contributed by atoms with E-state index in [0.717, 1.165) is 5.56 Å². The molecule has 20 heavy (non-hydrogen) atoms. The quantitative estimate of drug-likeness (QED) is 0.447. The molecule has 0 aliphatic rings. The maximum absolute atomic E-state index is 12.0. The monoisotopic (exact) mass is 274 g/mol. The Bertz CT molecular complexity index is 453. The molecule has 1 aromatic rings. The molecular formula is C15H22N4O. The minimum absolute atomic E-state index is 0.209. The third-order valence-electron chi connectivity index (χ3n) is 3.32. The number of nitrogens with one attached hydrogen (secondary N) is 1. The number of nitriles is 1. The van der Waals surface area contributed by atoms with Crippen LogP contribution in [0.2, 0.25) is 0 Å². The second-order valence-corrected chi connectivity index (χ2v) is 4.97. The minimum atomic E-state index is -0.331. The van der Waals surface area contributed by atoms with Crippen molar-refractivity contribution in [1.29, 1.82) is 5.26 Å². The van der Waals surface area contributed by atoms with Gasteiger partial charge in [0.25, 0.3) is 0 Å². The van der Waals surface area contributed by atoms with Crippen molar-refractivity contribution < 1.29 is 4.79 Å². The summed E-state index contributed by atoms with van der Waals surface area (Å²) in [4.78, 5) is 14.1. The summed E-state index contributed by atoms with van der Waals surface area (Å²) in [5, 5.41) is 8.73. The van der Waals surface area contributed by atoms with Crippen molar-refractivity contribution in [2.24, 2.45) is 5.84 Å². The normalized spacial score (nSPS) is 12.2. The predicted molar refractivity (Wildman–Crippen MR) is 78.5 cm³/mol. The second kappa shape index (κ2) is 8.31. The summed E-state index contributed by atoms with van der Waals surface area (Å²) in [7, 11) is 0. The minimum Gasteiger partial charge on any atom is -0.299 e. The largest absolute Gasteiger partial charge is 0.299 e. The molecule has 1 aromatic carbocycles. The lowest BCUT2D eigenvalue weighted by molar-refractivity contribution is -0.123. The molecule has 0 aliphatic heterocycles. The van der Waals surface area contributed by atoms with E-state index < -0.39 is 0 Å². The first kappa shape index (κ1) is 16.2. The fourth-order valence-corrected chi connectivity index (χ4v) is 2.11. The number of amides is 1. The lowest BCUT2D eigenvalue weighted by Gasteiger charge is -2.29. The van der Waals surface area contributed by atoms with Crippen molar-refractivity contribution >= 4 is 5.91 Å². The first-order valence-electron chi connectivity index (χ1n) is 6.76. The van der Waals surface area contributed by atoms with E-state index in [-0.39, 0.29) is 17.9 Å². The molecule has 1 amide bonds. The molecule has 108 valence electrons. The van der Waals surface area contributed by atoms with Crippen molar-refractivity contribution in [2.45, 2.75) is 32.2 Å². The van der Waals surface area contributed by atoms with E-state index in [0.29, 0.717) is 19.5 Å². The molecule has 5 heteroatoms. The lowest BCUT2D eigenvalue weighted by Crippen LogP contribution is -2.42. The van der Waals surface area contributed by atoms with Crippen LogP contribution in [0.3, 0.4) is 0 Å². The molecule has 0 saturated carbocycles. The Labute approximate surface area is 120 Å². The summed E-state index contributed by atoms with van der Waals surface area (Å²) < 4.78 is 0. The van der Waals surface area contributed by atoms with Gasteiger partial charge in [-0.25, -0.2) is 5.84 Å². The Morgan fingerprint density at radius 1 is 1.40 bits per heavy atom. The van der Waals surface area contributed by atoms with Crippen LogP contribution in [0.5, 0.6) is 0 Å². The summed E-state index contributed by atoms with van der Waals surface area (Å²) in [6.07, 6.45) is 0.448.